The van der Waals surface area contributed by atoms with Gasteiger partial charge in [0.05, 0.1) is 12.7 Å². The molecule has 2 rings (SSSR count). The Hall–Kier alpha value is -1.73. The second-order valence-electron chi connectivity index (χ2n) is 4.92. The van der Waals surface area contributed by atoms with Crippen LogP contribution in [0.15, 0.2) is 18.2 Å². The van der Waals surface area contributed by atoms with Crippen LogP contribution < -0.4 is 9.47 Å². The number of nitrogens with zero attached hydrogens (tertiary/aromatic N) is 2. The Morgan fingerprint density at radius 1 is 1.42 bits per heavy atom. The summed E-state index contributed by atoms with van der Waals surface area (Å²) in [7, 11) is 3.74. The van der Waals surface area contributed by atoms with Crippen LogP contribution in [0.5, 0.6) is 11.5 Å². The summed E-state index contributed by atoms with van der Waals surface area (Å²) in [4.78, 5) is 2.33. The summed E-state index contributed by atoms with van der Waals surface area (Å²) < 4.78 is 11.0. The fourth-order valence-electron chi connectivity index (χ4n) is 2.38. The molecule has 19 heavy (non-hydrogen) atoms. The molecule has 1 unspecified atom stereocenters. The molecule has 0 bridgehead atoms. The highest BCUT2D eigenvalue weighted by Crippen LogP contribution is 2.25. The number of benzene rings is 1. The molecule has 0 aliphatic carbocycles. The fourth-order valence-corrected chi connectivity index (χ4v) is 2.38. The molecule has 1 fully saturated rings. The first-order valence-corrected chi connectivity index (χ1v) is 6.65. The molecule has 1 heterocycles. The molecule has 1 atom stereocenters. The van der Waals surface area contributed by atoms with E-state index in [1.54, 1.807) is 25.3 Å². The molecule has 4 heteroatoms. The lowest BCUT2D eigenvalue weighted by Gasteiger charge is -2.32. The molecule has 1 saturated heterocycles. The molecular formula is C15H20N2O2. The molecular weight excluding hydrogens is 240 g/mol. The van der Waals surface area contributed by atoms with Gasteiger partial charge in [-0.1, -0.05) is 6.42 Å². The third-order valence-corrected chi connectivity index (χ3v) is 3.66. The lowest BCUT2D eigenvalue weighted by molar-refractivity contribution is 0.125. The topological polar surface area (TPSA) is 45.5 Å². The van der Waals surface area contributed by atoms with Crippen molar-refractivity contribution in [3.63, 3.8) is 0 Å². The second kappa shape index (κ2) is 6.44. The van der Waals surface area contributed by atoms with Gasteiger partial charge in [-0.25, -0.2) is 0 Å². The monoisotopic (exact) mass is 260 g/mol. The number of hydrogen-bond donors (Lipinski definition) is 0. The van der Waals surface area contributed by atoms with Gasteiger partial charge in [-0.3, -0.25) is 0 Å². The van der Waals surface area contributed by atoms with Crippen LogP contribution >= 0.6 is 0 Å². The first kappa shape index (κ1) is 13.7. The van der Waals surface area contributed by atoms with E-state index in [1.165, 1.54) is 12.8 Å². The van der Waals surface area contributed by atoms with Gasteiger partial charge in [0.1, 0.15) is 24.2 Å². The van der Waals surface area contributed by atoms with Gasteiger partial charge in [-0.2, -0.15) is 5.26 Å². The third-order valence-electron chi connectivity index (χ3n) is 3.66. The average Bonchev–Trinajstić information content (AvgIpc) is 2.46. The van der Waals surface area contributed by atoms with Crippen molar-refractivity contribution in [2.24, 2.45) is 0 Å². The molecule has 0 saturated carbocycles. The predicted molar refractivity (Wildman–Crippen MR) is 73.5 cm³/mol. The summed E-state index contributed by atoms with van der Waals surface area (Å²) in [5, 5.41) is 9.09. The minimum Gasteiger partial charge on any atom is -0.497 e. The maximum atomic E-state index is 9.09. The van der Waals surface area contributed by atoms with Crippen molar-refractivity contribution in [3.05, 3.63) is 23.8 Å². The van der Waals surface area contributed by atoms with Crippen LogP contribution in [0.3, 0.4) is 0 Å². The van der Waals surface area contributed by atoms with Crippen molar-refractivity contribution in [2.45, 2.75) is 25.3 Å². The lowest BCUT2D eigenvalue weighted by Crippen LogP contribution is -2.40. The maximum absolute atomic E-state index is 9.09. The summed E-state index contributed by atoms with van der Waals surface area (Å²) in [6.07, 6.45) is 3.67. The van der Waals surface area contributed by atoms with Crippen LogP contribution in [0.4, 0.5) is 0 Å². The number of nitriles is 1. The summed E-state index contributed by atoms with van der Waals surface area (Å²) in [5.41, 5.74) is 0.555. The van der Waals surface area contributed by atoms with Crippen LogP contribution in [-0.2, 0) is 0 Å². The van der Waals surface area contributed by atoms with E-state index in [1.807, 2.05) is 0 Å². The number of rotatable bonds is 4. The van der Waals surface area contributed by atoms with E-state index >= 15 is 0 Å². The van der Waals surface area contributed by atoms with Crippen molar-refractivity contribution in [1.29, 1.82) is 5.26 Å². The number of hydrogen-bond acceptors (Lipinski definition) is 4. The Kier molecular flexibility index (Phi) is 4.64. The van der Waals surface area contributed by atoms with E-state index in [-0.39, 0.29) is 0 Å². The van der Waals surface area contributed by atoms with Crippen molar-refractivity contribution < 1.29 is 9.47 Å². The number of methoxy groups -OCH3 is 1. The highest BCUT2D eigenvalue weighted by atomic mass is 16.5. The summed E-state index contributed by atoms with van der Waals surface area (Å²) in [6.45, 7) is 1.75. The van der Waals surface area contributed by atoms with Crippen LogP contribution in [0, 0.1) is 11.3 Å². The SMILES string of the molecule is COc1ccc(C#N)c(OCC2CCCCN2C)c1. The molecule has 0 radical (unpaired) electrons. The zero-order chi connectivity index (χ0) is 13.7. The zero-order valence-electron chi connectivity index (χ0n) is 11.6. The van der Waals surface area contributed by atoms with Crippen molar-refractivity contribution >= 4 is 0 Å². The Balaban J connectivity index is 2.03. The van der Waals surface area contributed by atoms with Crippen LogP contribution in [0.25, 0.3) is 0 Å². The molecule has 1 aliphatic heterocycles. The van der Waals surface area contributed by atoms with Crippen molar-refractivity contribution in [1.82, 2.24) is 4.90 Å². The number of piperidine rings is 1. The first-order valence-electron chi connectivity index (χ1n) is 6.65. The standard InChI is InChI=1S/C15H20N2O2/c1-17-8-4-3-5-13(17)11-19-15-9-14(18-2)7-6-12(15)10-16/h6-7,9,13H,3-5,8,11H2,1-2H3. The molecule has 4 nitrogen and oxygen atoms in total. The van der Waals surface area contributed by atoms with Crippen LogP contribution in [0.1, 0.15) is 24.8 Å². The lowest BCUT2D eigenvalue weighted by atomic mass is 10.0. The second-order valence-corrected chi connectivity index (χ2v) is 4.92. The van der Waals surface area contributed by atoms with Gasteiger partial charge >= 0.3 is 0 Å². The summed E-state index contributed by atoms with van der Waals surface area (Å²) in [5.74, 6) is 1.33. The van der Waals surface area contributed by atoms with Gasteiger partial charge in [0.15, 0.2) is 0 Å². The minimum absolute atomic E-state index is 0.437. The molecule has 0 aromatic heterocycles. The van der Waals surface area contributed by atoms with Gasteiger partial charge in [0.25, 0.3) is 0 Å². The summed E-state index contributed by atoms with van der Waals surface area (Å²) >= 11 is 0. The Bertz CT molecular complexity index is 468. The molecule has 1 aromatic rings. The quantitative estimate of drug-likeness (QED) is 0.834. The fraction of sp³-hybridized carbons (Fsp3) is 0.533. The van der Waals surface area contributed by atoms with E-state index < -0.39 is 0 Å². The molecule has 0 spiro atoms. The number of ether oxygens (including phenoxy) is 2. The zero-order valence-corrected chi connectivity index (χ0v) is 11.6. The van der Waals surface area contributed by atoms with Gasteiger partial charge < -0.3 is 14.4 Å². The van der Waals surface area contributed by atoms with E-state index in [0.717, 1.165) is 13.0 Å². The molecule has 102 valence electrons. The number of likely N-dealkylation sites (N-methyl/N-ethyl adjacent to an activating group) is 1. The Labute approximate surface area is 114 Å². The average molecular weight is 260 g/mol. The highest BCUT2D eigenvalue weighted by Gasteiger charge is 2.19. The molecule has 0 amide bonds. The van der Waals surface area contributed by atoms with Gasteiger partial charge in [0.2, 0.25) is 0 Å². The van der Waals surface area contributed by atoms with Crippen LogP contribution in [0.2, 0.25) is 0 Å². The minimum atomic E-state index is 0.437. The smallest absolute Gasteiger partial charge is 0.140 e. The van der Waals surface area contributed by atoms with Crippen molar-refractivity contribution in [3.8, 4) is 17.6 Å². The van der Waals surface area contributed by atoms with Crippen molar-refractivity contribution in [2.75, 3.05) is 27.3 Å². The summed E-state index contributed by atoms with van der Waals surface area (Å²) in [6, 6.07) is 7.88. The van der Waals surface area contributed by atoms with E-state index in [2.05, 4.69) is 18.0 Å². The Morgan fingerprint density at radius 3 is 2.95 bits per heavy atom. The molecule has 1 aromatic carbocycles. The normalized spacial score (nSPS) is 19.7. The largest absolute Gasteiger partial charge is 0.497 e. The van der Waals surface area contributed by atoms with E-state index in [4.69, 9.17) is 14.7 Å². The predicted octanol–water partition coefficient (Wildman–Crippen LogP) is 2.43. The van der Waals surface area contributed by atoms with Crippen LogP contribution in [-0.4, -0.2) is 38.3 Å². The Morgan fingerprint density at radius 2 is 2.26 bits per heavy atom. The van der Waals surface area contributed by atoms with E-state index in [9.17, 15) is 0 Å². The highest BCUT2D eigenvalue weighted by molar-refractivity contribution is 5.47. The molecule has 1 aliphatic rings. The first-order chi connectivity index (χ1) is 9.24. The number of likely N-dealkylation sites (tertiary alicyclic amines) is 1. The maximum Gasteiger partial charge on any atom is 0.140 e. The molecule has 0 N–H and O–H groups in total. The van der Waals surface area contributed by atoms with Gasteiger partial charge in [0, 0.05) is 12.1 Å². The van der Waals surface area contributed by atoms with E-state index in [0.29, 0.717) is 29.7 Å². The van der Waals surface area contributed by atoms with Gasteiger partial charge in [-0.15, -0.1) is 0 Å². The third kappa shape index (κ3) is 3.39. The van der Waals surface area contributed by atoms with Gasteiger partial charge in [-0.05, 0) is 38.6 Å².